The van der Waals surface area contributed by atoms with Crippen molar-refractivity contribution < 1.29 is 9.47 Å². The maximum absolute atomic E-state index is 6.26. The lowest BCUT2D eigenvalue weighted by Crippen LogP contribution is -2.42. The SMILES string of the molecule is CN1CCC2C=CC3(CC21)OCC(c1cccnc1)O3. The lowest BCUT2D eigenvalue weighted by atomic mass is 9.87. The standard InChI is InChI=1S/C16H20N2O2/c1-18-8-5-12-4-6-16(9-14(12)18)19-11-15(20-16)13-3-2-7-17-10-13/h2-4,6-7,10,12,14-15H,5,8-9,11H2,1H3. The molecule has 4 heteroatoms. The van der Waals surface area contributed by atoms with Crippen LogP contribution < -0.4 is 0 Å². The minimum absolute atomic E-state index is 0.00314. The number of aromatic nitrogens is 1. The van der Waals surface area contributed by atoms with Crippen molar-refractivity contribution in [1.82, 2.24) is 9.88 Å². The summed E-state index contributed by atoms with van der Waals surface area (Å²) in [5, 5.41) is 0. The molecule has 2 fully saturated rings. The van der Waals surface area contributed by atoms with E-state index in [0.29, 0.717) is 18.6 Å². The van der Waals surface area contributed by atoms with Crippen molar-refractivity contribution >= 4 is 0 Å². The first-order chi connectivity index (χ1) is 9.76. The fraction of sp³-hybridized carbons (Fsp3) is 0.562. The van der Waals surface area contributed by atoms with Gasteiger partial charge < -0.3 is 14.4 Å². The molecule has 0 bridgehead atoms. The lowest BCUT2D eigenvalue weighted by Gasteiger charge is -2.36. The van der Waals surface area contributed by atoms with Crippen molar-refractivity contribution in [1.29, 1.82) is 0 Å². The summed E-state index contributed by atoms with van der Waals surface area (Å²) < 4.78 is 12.3. The van der Waals surface area contributed by atoms with Crippen LogP contribution in [0.4, 0.5) is 0 Å². The fourth-order valence-corrected chi connectivity index (χ4v) is 3.65. The summed E-state index contributed by atoms with van der Waals surface area (Å²) in [5.74, 6) is 0.135. The van der Waals surface area contributed by atoms with Gasteiger partial charge in [0.2, 0.25) is 0 Å². The van der Waals surface area contributed by atoms with Crippen LogP contribution in [0.15, 0.2) is 36.7 Å². The second kappa shape index (κ2) is 4.65. The van der Waals surface area contributed by atoms with Gasteiger partial charge in [0, 0.05) is 30.4 Å². The van der Waals surface area contributed by atoms with Crippen LogP contribution in [-0.4, -0.2) is 41.9 Å². The first-order valence-corrected chi connectivity index (χ1v) is 7.37. The van der Waals surface area contributed by atoms with Crippen molar-refractivity contribution in [3.8, 4) is 0 Å². The normalized spacial score (nSPS) is 40.4. The zero-order valence-electron chi connectivity index (χ0n) is 11.7. The average Bonchev–Trinajstić information content (AvgIpc) is 3.06. The molecule has 4 rings (SSSR count). The third-order valence-corrected chi connectivity index (χ3v) is 4.84. The van der Waals surface area contributed by atoms with Gasteiger partial charge in [0.25, 0.3) is 0 Å². The van der Waals surface area contributed by atoms with Crippen LogP contribution >= 0.6 is 0 Å². The van der Waals surface area contributed by atoms with Crippen LogP contribution in [-0.2, 0) is 9.47 Å². The third kappa shape index (κ3) is 1.99. The van der Waals surface area contributed by atoms with Gasteiger partial charge in [-0.2, -0.15) is 0 Å². The summed E-state index contributed by atoms with van der Waals surface area (Å²) in [6, 6.07) is 4.55. The molecule has 1 spiro atoms. The monoisotopic (exact) mass is 272 g/mol. The van der Waals surface area contributed by atoms with Crippen molar-refractivity contribution in [2.24, 2.45) is 5.92 Å². The maximum Gasteiger partial charge on any atom is 0.190 e. The number of ether oxygens (including phenoxy) is 2. The lowest BCUT2D eigenvalue weighted by molar-refractivity contribution is -0.148. The minimum atomic E-state index is -0.528. The van der Waals surface area contributed by atoms with Gasteiger partial charge in [-0.25, -0.2) is 0 Å². The van der Waals surface area contributed by atoms with Crippen LogP contribution in [0, 0.1) is 5.92 Å². The fourth-order valence-electron chi connectivity index (χ4n) is 3.65. The highest BCUT2D eigenvalue weighted by atomic mass is 16.7. The molecule has 0 saturated carbocycles. The quantitative estimate of drug-likeness (QED) is 0.734. The Kier molecular flexibility index (Phi) is 2.91. The molecule has 1 aliphatic carbocycles. The Morgan fingerprint density at radius 3 is 3.25 bits per heavy atom. The van der Waals surface area contributed by atoms with Gasteiger partial charge in [0.15, 0.2) is 5.79 Å². The van der Waals surface area contributed by atoms with E-state index in [4.69, 9.17) is 9.47 Å². The summed E-state index contributed by atoms with van der Waals surface area (Å²) in [6.07, 6.45) is 10.3. The Morgan fingerprint density at radius 1 is 1.45 bits per heavy atom. The Balaban J connectivity index is 1.54. The first-order valence-electron chi connectivity index (χ1n) is 7.37. The molecular formula is C16H20N2O2. The highest BCUT2D eigenvalue weighted by molar-refractivity contribution is 5.18. The number of pyridine rings is 1. The molecule has 2 aliphatic heterocycles. The van der Waals surface area contributed by atoms with Crippen LogP contribution in [0.25, 0.3) is 0 Å². The van der Waals surface area contributed by atoms with Crippen LogP contribution in [0.2, 0.25) is 0 Å². The van der Waals surface area contributed by atoms with E-state index in [0.717, 1.165) is 12.0 Å². The van der Waals surface area contributed by atoms with Crippen molar-refractivity contribution in [2.45, 2.75) is 30.8 Å². The number of hydrogen-bond donors (Lipinski definition) is 0. The molecule has 0 N–H and O–H groups in total. The zero-order chi connectivity index (χ0) is 13.6. The molecule has 4 atom stereocenters. The molecule has 20 heavy (non-hydrogen) atoms. The first kappa shape index (κ1) is 12.5. The van der Waals surface area contributed by atoms with Crippen molar-refractivity contribution in [2.75, 3.05) is 20.2 Å². The highest BCUT2D eigenvalue weighted by Gasteiger charge is 2.47. The van der Waals surface area contributed by atoms with Gasteiger partial charge in [0.1, 0.15) is 6.10 Å². The Hall–Kier alpha value is -1.23. The summed E-state index contributed by atoms with van der Waals surface area (Å²) in [4.78, 5) is 6.60. The molecule has 1 aromatic rings. The minimum Gasteiger partial charge on any atom is -0.343 e. The van der Waals surface area contributed by atoms with Crippen molar-refractivity contribution in [3.63, 3.8) is 0 Å². The molecule has 1 aromatic heterocycles. The maximum atomic E-state index is 6.26. The Bertz CT molecular complexity index is 518. The van der Waals surface area contributed by atoms with E-state index >= 15 is 0 Å². The predicted molar refractivity (Wildman–Crippen MR) is 75.0 cm³/mol. The van der Waals surface area contributed by atoms with Gasteiger partial charge in [-0.05, 0) is 38.1 Å². The van der Waals surface area contributed by atoms with Crippen LogP contribution in [0.1, 0.15) is 24.5 Å². The number of hydrogen-bond acceptors (Lipinski definition) is 4. The second-order valence-corrected chi connectivity index (χ2v) is 6.08. The van der Waals surface area contributed by atoms with Crippen LogP contribution in [0.3, 0.4) is 0 Å². The molecule has 3 aliphatic rings. The van der Waals surface area contributed by atoms with Gasteiger partial charge >= 0.3 is 0 Å². The molecule has 2 saturated heterocycles. The smallest absolute Gasteiger partial charge is 0.190 e. The van der Waals surface area contributed by atoms with Gasteiger partial charge in [-0.1, -0.05) is 12.1 Å². The summed E-state index contributed by atoms with van der Waals surface area (Å²) in [7, 11) is 2.20. The molecule has 4 unspecified atom stereocenters. The Morgan fingerprint density at radius 2 is 2.40 bits per heavy atom. The molecule has 3 heterocycles. The van der Waals surface area contributed by atoms with Crippen LogP contribution in [0.5, 0.6) is 0 Å². The molecule has 0 aromatic carbocycles. The average molecular weight is 272 g/mol. The van der Waals surface area contributed by atoms with E-state index in [1.807, 2.05) is 12.3 Å². The molecule has 4 nitrogen and oxygen atoms in total. The molecule has 0 radical (unpaired) electrons. The zero-order valence-corrected chi connectivity index (χ0v) is 11.7. The second-order valence-electron chi connectivity index (χ2n) is 6.08. The topological polar surface area (TPSA) is 34.6 Å². The molecular weight excluding hydrogens is 252 g/mol. The van der Waals surface area contributed by atoms with E-state index in [2.05, 4.69) is 35.1 Å². The molecule has 0 amide bonds. The van der Waals surface area contributed by atoms with E-state index in [-0.39, 0.29) is 6.10 Å². The third-order valence-electron chi connectivity index (χ3n) is 4.84. The van der Waals surface area contributed by atoms with Gasteiger partial charge in [-0.15, -0.1) is 0 Å². The van der Waals surface area contributed by atoms with E-state index in [9.17, 15) is 0 Å². The van der Waals surface area contributed by atoms with Crippen molar-refractivity contribution in [3.05, 3.63) is 42.2 Å². The number of nitrogens with zero attached hydrogens (tertiary/aromatic N) is 2. The summed E-state index contributed by atoms with van der Waals surface area (Å²) >= 11 is 0. The summed E-state index contributed by atoms with van der Waals surface area (Å²) in [5.41, 5.74) is 1.10. The molecule has 106 valence electrons. The van der Waals surface area contributed by atoms with E-state index < -0.39 is 5.79 Å². The predicted octanol–water partition coefficient (Wildman–Crippen LogP) is 2.15. The number of rotatable bonds is 1. The van der Waals surface area contributed by atoms with Gasteiger partial charge in [-0.3, -0.25) is 4.98 Å². The summed E-state index contributed by atoms with van der Waals surface area (Å²) in [6.45, 7) is 1.78. The van der Waals surface area contributed by atoms with Gasteiger partial charge in [0.05, 0.1) is 6.61 Å². The number of likely N-dealkylation sites (tertiary alicyclic amines) is 1. The number of fused-ring (bicyclic) bond motifs is 1. The highest BCUT2D eigenvalue weighted by Crippen LogP contribution is 2.44. The van der Waals surface area contributed by atoms with E-state index in [1.165, 1.54) is 13.0 Å². The van der Waals surface area contributed by atoms with E-state index in [1.54, 1.807) is 6.20 Å². The largest absolute Gasteiger partial charge is 0.343 e. The Labute approximate surface area is 119 Å².